The molecule has 0 spiro atoms. The highest BCUT2D eigenvalue weighted by atomic mass is 32.1. The fourth-order valence-corrected chi connectivity index (χ4v) is 4.48. The first-order chi connectivity index (χ1) is 9.20. The SMILES string of the molecule is CNC1CCCc2nc(N(C)C3CCOC3C)sc21. The summed E-state index contributed by atoms with van der Waals surface area (Å²) in [4.78, 5) is 8.65. The lowest BCUT2D eigenvalue weighted by Crippen LogP contribution is -2.36. The number of hydrogen-bond acceptors (Lipinski definition) is 5. The number of ether oxygens (including phenoxy) is 1. The normalized spacial score (nSPS) is 30.4. The van der Waals surface area contributed by atoms with Gasteiger partial charge in [0.1, 0.15) is 0 Å². The second-order valence-electron chi connectivity index (χ2n) is 5.58. The van der Waals surface area contributed by atoms with Crippen molar-refractivity contribution in [3.05, 3.63) is 10.6 Å². The van der Waals surface area contributed by atoms with E-state index in [0.29, 0.717) is 18.2 Å². The highest BCUT2D eigenvalue weighted by Crippen LogP contribution is 2.38. The zero-order valence-electron chi connectivity index (χ0n) is 12.0. The minimum absolute atomic E-state index is 0.311. The molecule has 1 aromatic rings. The standard InChI is InChI=1S/C14H23N3OS/c1-9-12(7-8-18-9)17(3)14-16-11-6-4-5-10(15-2)13(11)19-14/h9-10,12,15H,4-8H2,1-3H3. The Labute approximate surface area is 119 Å². The molecule has 0 amide bonds. The molecule has 0 saturated carbocycles. The topological polar surface area (TPSA) is 37.4 Å². The first-order valence-electron chi connectivity index (χ1n) is 7.22. The van der Waals surface area contributed by atoms with Crippen LogP contribution in [0.15, 0.2) is 0 Å². The van der Waals surface area contributed by atoms with Crippen LogP contribution in [0.1, 0.15) is 42.8 Å². The van der Waals surface area contributed by atoms with Crippen LogP contribution in [0.4, 0.5) is 5.13 Å². The van der Waals surface area contributed by atoms with Gasteiger partial charge >= 0.3 is 0 Å². The first-order valence-corrected chi connectivity index (χ1v) is 8.03. The Morgan fingerprint density at radius 3 is 2.95 bits per heavy atom. The van der Waals surface area contributed by atoms with E-state index in [0.717, 1.165) is 24.6 Å². The van der Waals surface area contributed by atoms with Crippen LogP contribution in [-0.4, -0.2) is 37.8 Å². The summed E-state index contributed by atoms with van der Waals surface area (Å²) in [7, 11) is 4.21. The molecule has 3 atom stereocenters. The molecule has 1 N–H and O–H groups in total. The van der Waals surface area contributed by atoms with E-state index < -0.39 is 0 Å². The second kappa shape index (κ2) is 5.38. The number of hydrogen-bond donors (Lipinski definition) is 1. The molecule has 3 rings (SSSR count). The van der Waals surface area contributed by atoms with Crippen LogP contribution in [0.3, 0.4) is 0 Å². The van der Waals surface area contributed by atoms with Crippen LogP contribution in [0, 0.1) is 0 Å². The van der Waals surface area contributed by atoms with Crippen molar-refractivity contribution in [3.63, 3.8) is 0 Å². The highest BCUT2D eigenvalue weighted by Gasteiger charge is 2.31. The Kier molecular flexibility index (Phi) is 3.78. The molecular formula is C14H23N3OS. The lowest BCUT2D eigenvalue weighted by molar-refractivity contribution is 0.118. The van der Waals surface area contributed by atoms with Gasteiger partial charge in [0.25, 0.3) is 0 Å². The van der Waals surface area contributed by atoms with Gasteiger partial charge in [-0.1, -0.05) is 11.3 Å². The number of nitrogens with zero attached hydrogens (tertiary/aromatic N) is 2. The Morgan fingerprint density at radius 1 is 1.42 bits per heavy atom. The summed E-state index contributed by atoms with van der Waals surface area (Å²) in [5.74, 6) is 0. The average molecular weight is 281 g/mol. The molecule has 5 heteroatoms. The molecule has 1 aliphatic carbocycles. The Bertz CT molecular complexity index is 448. The van der Waals surface area contributed by atoms with Crippen molar-refractivity contribution in [2.75, 3.05) is 25.6 Å². The smallest absolute Gasteiger partial charge is 0.185 e. The van der Waals surface area contributed by atoms with E-state index in [1.165, 1.54) is 23.4 Å². The van der Waals surface area contributed by atoms with Crippen LogP contribution in [-0.2, 0) is 11.2 Å². The number of anilines is 1. The minimum Gasteiger partial charge on any atom is -0.376 e. The van der Waals surface area contributed by atoms with Gasteiger partial charge in [0.05, 0.1) is 17.8 Å². The van der Waals surface area contributed by atoms with Crippen molar-refractivity contribution in [2.45, 2.75) is 50.8 Å². The summed E-state index contributed by atoms with van der Waals surface area (Å²) in [6, 6.07) is 0.973. The maximum Gasteiger partial charge on any atom is 0.185 e. The van der Waals surface area contributed by atoms with Crippen LogP contribution in [0.2, 0.25) is 0 Å². The maximum absolute atomic E-state index is 5.68. The molecule has 1 fully saturated rings. The van der Waals surface area contributed by atoms with Crippen molar-refractivity contribution in [1.82, 2.24) is 10.3 Å². The van der Waals surface area contributed by atoms with E-state index in [9.17, 15) is 0 Å². The van der Waals surface area contributed by atoms with Crippen LogP contribution in [0.5, 0.6) is 0 Å². The molecule has 106 valence electrons. The third-order valence-corrected chi connectivity index (χ3v) is 5.72. The third kappa shape index (κ3) is 2.39. The molecule has 1 aromatic heterocycles. The lowest BCUT2D eigenvalue weighted by Gasteiger charge is -2.26. The van der Waals surface area contributed by atoms with Crippen LogP contribution in [0.25, 0.3) is 0 Å². The van der Waals surface area contributed by atoms with E-state index in [2.05, 4.69) is 31.2 Å². The number of fused-ring (bicyclic) bond motifs is 1. The van der Waals surface area contributed by atoms with Crippen molar-refractivity contribution < 1.29 is 4.74 Å². The molecule has 4 nitrogen and oxygen atoms in total. The summed E-state index contributed by atoms with van der Waals surface area (Å²) >= 11 is 1.86. The van der Waals surface area contributed by atoms with E-state index in [1.807, 2.05) is 11.3 Å². The average Bonchev–Trinajstić information content (AvgIpc) is 3.03. The summed E-state index contributed by atoms with van der Waals surface area (Å²) in [5, 5.41) is 4.58. The zero-order valence-corrected chi connectivity index (χ0v) is 12.8. The molecule has 0 bridgehead atoms. The maximum atomic E-state index is 5.68. The molecule has 0 aromatic carbocycles. The van der Waals surface area contributed by atoms with Gasteiger partial charge in [0.15, 0.2) is 5.13 Å². The van der Waals surface area contributed by atoms with Gasteiger partial charge in [0.2, 0.25) is 0 Å². The number of likely N-dealkylation sites (N-methyl/N-ethyl adjacent to an activating group) is 1. The van der Waals surface area contributed by atoms with Gasteiger partial charge < -0.3 is 15.0 Å². The third-order valence-electron chi connectivity index (χ3n) is 4.42. The minimum atomic E-state index is 0.311. The summed E-state index contributed by atoms with van der Waals surface area (Å²) in [5.41, 5.74) is 1.31. The first kappa shape index (κ1) is 13.3. The van der Waals surface area contributed by atoms with Crippen molar-refractivity contribution in [1.29, 1.82) is 0 Å². The second-order valence-corrected chi connectivity index (χ2v) is 6.59. The zero-order chi connectivity index (χ0) is 13.4. The molecule has 1 aliphatic heterocycles. The van der Waals surface area contributed by atoms with Gasteiger partial charge in [-0.15, -0.1) is 0 Å². The number of thiazole rings is 1. The molecule has 3 unspecified atom stereocenters. The van der Waals surface area contributed by atoms with Crippen LogP contribution >= 0.6 is 11.3 Å². The van der Waals surface area contributed by atoms with Crippen molar-refractivity contribution >= 4 is 16.5 Å². The number of aryl methyl sites for hydroxylation is 1. The van der Waals surface area contributed by atoms with Gasteiger partial charge in [-0.25, -0.2) is 4.98 Å². The van der Waals surface area contributed by atoms with E-state index in [-0.39, 0.29) is 0 Å². The van der Waals surface area contributed by atoms with Gasteiger partial charge in [-0.3, -0.25) is 0 Å². The van der Waals surface area contributed by atoms with Gasteiger partial charge in [-0.05, 0) is 39.7 Å². The van der Waals surface area contributed by atoms with E-state index in [4.69, 9.17) is 9.72 Å². The molecule has 2 heterocycles. The number of aromatic nitrogens is 1. The number of nitrogens with one attached hydrogen (secondary N) is 1. The predicted octanol–water partition coefficient (Wildman–Crippen LogP) is 2.35. The van der Waals surface area contributed by atoms with E-state index >= 15 is 0 Å². The highest BCUT2D eigenvalue weighted by molar-refractivity contribution is 7.15. The Balaban J connectivity index is 1.84. The monoisotopic (exact) mass is 281 g/mol. The Hall–Kier alpha value is -0.650. The molecule has 1 saturated heterocycles. The lowest BCUT2D eigenvalue weighted by atomic mass is 9.98. The van der Waals surface area contributed by atoms with Gasteiger partial charge in [0, 0.05) is 24.6 Å². The molecular weight excluding hydrogens is 258 g/mol. The fraction of sp³-hybridized carbons (Fsp3) is 0.786. The molecule has 19 heavy (non-hydrogen) atoms. The van der Waals surface area contributed by atoms with Crippen molar-refractivity contribution in [3.8, 4) is 0 Å². The predicted molar refractivity (Wildman–Crippen MR) is 79.1 cm³/mol. The van der Waals surface area contributed by atoms with Crippen LogP contribution < -0.4 is 10.2 Å². The van der Waals surface area contributed by atoms with Gasteiger partial charge in [-0.2, -0.15) is 0 Å². The summed E-state index contributed by atoms with van der Waals surface area (Å²) in [6.45, 7) is 3.04. The Morgan fingerprint density at radius 2 is 2.26 bits per heavy atom. The quantitative estimate of drug-likeness (QED) is 0.923. The van der Waals surface area contributed by atoms with E-state index in [1.54, 1.807) is 0 Å². The molecule has 2 aliphatic rings. The molecule has 0 radical (unpaired) electrons. The summed E-state index contributed by atoms with van der Waals surface area (Å²) in [6.07, 6.45) is 5.03. The van der Waals surface area contributed by atoms with Crippen molar-refractivity contribution in [2.24, 2.45) is 0 Å². The largest absolute Gasteiger partial charge is 0.376 e. The summed E-state index contributed by atoms with van der Waals surface area (Å²) < 4.78 is 5.68. The fourth-order valence-electron chi connectivity index (χ4n) is 3.20. The number of rotatable bonds is 3.